The fourth-order valence-electron chi connectivity index (χ4n) is 8.31. The Balaban J connectivity index is 1.42. The maximum absolute atomic E-state index is 14.2. The number of carbonyl (C=O) groups excluding carboxylic acids is 2. The summed E-state index contributed by atoms with van der Waals surface area (Å²) in [5.41, 5.74) is 1.63. The van der Waals surface area contributed by atoms with Gasteiger partial charge in [-0.2, -0.15) is 0 Å². The third kappa shape index (κ3) is 8.58. The second-order valence-electron chi connectivity index (χ2n) is 14.8. The Hall–Kier alpha value is -4.88. The number of benzene rings is 6. The van der Waals surface area contributed by atoms with Gasteiger partial charge >= 0.3 is 11.9 Å². The van der Waals surface area contributed by atoms with E-state index >= 15 is 0 Å². The lowest BCUT2D eigenvalue weighted by Gasteiger charge is -2.29. The van der Waals surface area contributed by atoms with E-state index in [1.807, 2.05) is 24.3 Å². The minimum atomic E-state index is -1.16. The van der Waals surface area contributed by atoms with Crippen molar-refractivity contribution in [2.24, 2.45) is 11.8 Å². The first-order valence-corrected chi connectivity index (χ1v) is 22.8. The van der Waals surface area contributed by atoms with Crippen molar-refractivity contribution in [3.8, 4) is 22.6 Å². The van der Waals surface area contributed by atoms with E-state index in [4.69, 9.17) is 9.47 Å². The molecule has 56 heavy (non-hydrogen) atoms. The molecule has 4 nitrogen and oxygen atoms in total. The van der Waals surface area contributed by atoms with Gasteiger partial charge in [0.05, 0.1) is 11.8 Å². The van der Waals surface area contributed by atoms with Gasteiger partial charge in [-0.05, 0) is 85.5 Å². The number of ether oxygens (including phenoxy) is 2. The predicted molar refractivity (Wildman–Crippen MR) is 234 cm³/mol. The molecule has 0 radical (unpaired) electrons. The molecule has 0 bridgehead atoms. The van der Waals surface area contributed by atoms with Crippen molar-refractivity contribution >= 4 is 59.6 Å². The molecule has 6 heteroatoms. The van der Waals surface area contributed by atoms with Gasteiger partial charge in [0, 0.05) is 11.1 Å². The summed E-state index contributed by atoms with van der Waals surface area (Å²) in [6.45, 7) is 0. The number of rotatable bonds is 11. The maximum Gasteiger partial charge on any atom is 0.314 e. The molecule has 0 heterocycles. The fraction of sp³-hybridized carbons (Fsp3) is 0.240. The van der Waals surface area contributed by atoms with Crippen LogP contribution in [0, 0.1) is 11.8 Å². The van der Waals surface area contributed by atoms with E-state index in [0.717, 1.165) is 85.9 Å². The molecular weight excluding hydrogens is 726 g/mol. The summed E-state index contributed by atoms with van der Waals surface area (Å²) in [6.07, 6.45) is 9.76. The van der Waals surface area contributed by atoms with Gasteiger partial charge in [-0.3, -0.25) is 9.59 Å². The Morgan fingerprint density at radius 1 is 0.375 bits per heavy atom. The molecule has 0 atom stereocenters. The lowest BCUT2D eigenvalue weighted by Crippen LogP contribution is -2.29. The van der Waals surface area contributed by atoms with Crippen LogP contribution in [-0.4, -0.2) is 11.9 Å². The van der Waals surface area contributed by atoms with Crippen LogP contribution in [0.4, 0.5) is 0 Å². The highest BCUT2D eigenvalue weighted by molar-refractivity contribution is 7.80. The van der Waals surface area contributed by atoms with Gasteiger partial charge in [0.1, 0.15) is 11.5 Å². The molecule has 0 aliphatic heterocycles. The molecule has 0 spiro atoms. The zero-order valence-corrected chi connectivity index (χ0v) is 33.6. The Morgan fingerprint density at radius 3 is 0.982 bits per heavy atom. The quantitative estimate of drug-likeness (QED) is 0.0748. The topological polar surface area (TPSA) is 52.6 Å². The van der Waals surface area contributed by atoms with Gasteiger partial charge < -0.3 is 9.47 Å². The zero-order valence-electron chi connectivity index (χ0n) is 31.8. The predicted octanol–water partition coefficient (Wildman–Crippen LogP) is 9.84. The van der Waals surface area contributed by atoms with Crippen LogP contribution in [0.15, 0.2) is 158 Å². The van der Waals surface area contributed by atoms with Crippen molar-refractivity contribution in [2.75, 3.05) is 0 Å². The zero-order chi connectivity index (χ0) is 38.1. The number of hydrogen-bond donors (Lipinski definition) is 0. The fourth-order valence-corrected chi connectivity index (χ4v) is 13.3. The minimum Gasteiger partial charge on any atom is -0.426 e. The van der Waals surface area contributed by atoms with Crippen LogP contribution < -0.4 is 41.3 Å². The van der Waals surface area contributed by atoms with Gasteiger partial charge in [0.2, 0.25) is 0 Å². The molecule has 2 aliphatic carbocycles. The van der Waals surface area contributed by atoms with E-state index < -0.39 is 15.8 Å². The SMILES string of the molecule is O=C(Oc1cccc(P(c2ccccc2)c2ccccc2)c1-c1c(OC(=O)C2CCCCC2)cccc1P(c1ccccc1)c1ccccc1)C1CCCCC1. The molecule has 0 amide bonds. The molecule has 0 saturated heterocycles. The first-order chi connectivity index (χ1) is 27.7. The third-order valence-electron chi connectivity index (χ3n) is 11.1. The third-order valence-corrected chi connectivity index (χ3v) is 16.1. The van der Waals surface area contributed by atoms with Crippen molar-refractivity contribution < 1.29 is 19.1 Å². The smallest absolute Gasteiger partial charge is 0.314 e. The lowest BCUT2D eigenvalue weighted by molar-refractivity contribution is -0.140. The van der Waals surface area contributed by atoms with E-state index in [-0.39, 0.29) is 23.8 Å². The van der Waals surface area contributed by atoms with E-state index in [1.165, 1.54) is 21.2 Å². The van der Waals surface area contributed by atoms with Crippen LogP contribution in [-0.2, 0) is 9.59 Å². The second-order valence-corrected chi connectivity index (χ2v) is 19.2. The van der Waals surface area contributed by atoms with Gasteiger partial charge in [0.15, 0.2) is 0 Å². The highest BCUT2D eigenvalue weighted by Gasteiger charge is 2.33. The van der Waals surface area contributed by atoms with Crippen LogP contribution >= 0.6 is 15.8 Å². The van der Waals surface area contributed by atoms with Crippen LogP contribution in [0.25, 0.3) is 11.1 Å². The van der Waals surface area contributed by atoms with Crippen molar-refractivity contribution in [3.63, 3.8) is 0 Å². The van der Waals surface area contributed by atoms with Crippen molar-refractivity contribution in [1.82, 2.24) is 0 Å². The minimum absolute atomic E-state index is 0.144. The summed E-state index contributed by atoms with van der Waals surface area (Å²) < 4.78 is 13.3. The Morgan fingerprint density at radius 2 is 0.679 bits per heavy atom. The molecule has 6 aromatic carbocycles. The molecule has 282 valence electrons. The summed E-state index contributed by atoms with van der Waals surface area (Å²) in [4.78, 5) is 28.4. The van der Waals surface area contributed by atoms with E-state index in [0.29, 0.717) is 11.5 Å². The van der Waals surface area contributed by atoms with Crippen molar-refractivity contribution in [2.45, 2.75) is 64.2 Å². The molecule has 0 unspecified atom stereocenters. The standard InChI is InChI=1S/C50H48O4P2/c51-49(37-21-7-1-8-22-37)53-43-33-19-35-45(55(39-25-11-3-12-26-39)40-27-13-4-14-28-40)47(43)48-44(54-50(52)38-23-9-2-10-24-38)34-20-36-46(48)56(41-29-15-5-16-30-41)42-31-17-6-18-32-42/h3-6,11-20,25-38H,1-2,7-10,21-24H2. The van der Waals surface area contributed by atoms with E-state index in [2.05, 4.69) is 133 Å². The van der Waals surface area contributed by atoms with Crippen molar-refractivity contribution in [3.05, 3.63) is 158 Å². The summed E-state index contributed by atoms with van der Waals surface area (Å²) in [5, 5.41) is 6.80. The monoisotopic (exact) mass is 774 g/mol. The summed E-state index contributed by atoms with van der Waals surface area (Å²) >= 11 is 0. The molecule has 8 rings (SSSR count). The van der Waals surface area contributed by atoms with Crippen LogP contribution in [0.3, 0.4) is 0 Å². The first-order valence-electron chi connectivity index (χ1n) is 20.2. The number of hydrogen-bond acceptors (Lipinski definition) is 4. The first kappa shape index (κ1) is 38.0. The highest BCUT2D eigenvalue weighted by atomic mass is 31.1. The molecule has 2 fully saturated rings. The summed E-state index contributed by atoms with van der Waals surface area (Å²) in [7, 11) is -2.31. The average molecular weight is 775 g/mol. The Labute approximate surface area is 333 Å². The van der Waals surface area contributed by atoms with Crippen LogP contribution in [0.1, 0.15) is 64.2 Å². The molecule has 2 saturated carbocycles. The maximum atomic E-state index is 14.2. The van der Waals surface area contributed by atoms with Gasteiger partial charge in [0.25, 0.3) is 0 Å². The van der Waals surface area contributed by atoms with Gasteiger partial charge in [-0.25, -0.2) is 0 Å². The molecule has 0 aromatic heterocycles. The normalized spacial score (nSPS) is 15.1. The Bertz CT molecular complexity index is 1980. The number of esters is 2. The van der Waals surface area contributed by atoms with Crippen molar-refractivity contribution in [1.29, 1.82) is 0 Å². The highest BCUT2D eigenvalue weighted by Crippen LogP contribution is 2.47. The second kappa shape index (κ2) is 18.4. The van der Waals surface area contributed by atoms with Gasteiger partial charge in [-0.15, -0.1) is 0 Å². The van der Waals surface area contributed by atoms with Crippen LogP contribution in [0.5, 0.6) is 11.5 Å². The van der Waals surface area contributed by atoms with E-state index in [9.17, 15) is 9.59 Å². The molecule has 2 aliphatic rings. The van der Waals surface area contributed by atoms with Gasteiger partial charge in [-0.1, -0.05) is 184 Å². The summed E-state index contributed by atoms with van der Waals surface area (Å²) in [5.74, 6) is 0.369. The Kier molecular flexibility index (Phi) is 12.5. The molecular formula is C50H48O4P2. The van der Waals surface area contributed by atoms with Crippen LogP contribution in [0.2, 0.25) is 0 Å². The largest absolute Gasteiger partial charge is 0.426 e. The molecule has 6 aromatic rings. The number of carbonyl (C=O) groups is 2. The van der Waals surface area contributed by atoms with E-state index in [1.54, 1.807) is 0 Å². The lowest BCUT2D eigenvalue weighted by atomic mass is 9.89. The average Bonchev–Trinajstić information content (AvgIpc) is 3.26. The summed E-state index contributed by atoms with van der Waals surface area (Å²) in [6, 6.07) is 54.8. The molecule has 0 N–H and O–H groups in total.